The van der Waals surface area contributed by atoms with E-state index in [2.05, 4.69) is 50.8 Å². The lowest BCUT2D eigenvalue weighted by atomic mass is 10.1. The van der Waals surface area contributed by atoms with Crippen LogP contribution in [-0.2, 0) is 0 Å². The number of rotatable bonds is 8. The normalized spacial score (nSPS) is 11.3. The maximum atomic E-state index is 9.01. The zero-order chi connectivity index (χ0) is 14.3. The molecule has 0 bridgehead atoms. The van der Waals surface area contributed by atoms with Crippen LogP contribution in [0.3, 0.4) is 0 Å². The van der Waals surface area contributed by atoms with Crippen LogP contribution in [0.5, 0.6) is 5.75 Å². The van der Waals surface area contributed by atoms with E-state index >= 15 is 0 Å². The van der Waals surface area contributed by atoms with E-state index in [4.69, 9.17) is 9.84 Å². The van der Waals surface area contributed by atoms with E-state index in [-0.39, 0.29) is 6.61 Å². The van der Waals surface area contributed by atoms with E-state index in [0.29, 0.717) is 6.04 Å². The van der Waals surface area contributed by atoms with Crippen LogP contribution in [0.4, 0.5) is 0 Å². The molecule has 0 radical (unpaired) electrons. The van der Waals surface area contributed by atoms with Crippen molar-refractivity contribution in [3.63, 3.8) is 0 Å². The van der Waals surface area contributed by atoms with Gasteiger partial charge in [0.25, 0.3) is 0 Å². The van der Waals surface area contributed by atoms with Crippen molar-refractivity contribution in [2.45, 2.75) is 40.2 Å². The molecule has 3 nitrogen and oxygen atoms in total. The Bertz CT molecular complexity index is 357. The fraction of sp³-hybridized carbons (Fsp3) is 0.625. The van der Waals surface area contributed by atoms with Gasteiger partial charge in [-0.2, -0.15) is 0 Å². The van der Waals surface area contributed by atoms with Gasteiger partial charge in [-0.05, 0) is 57.4 Å². The maximum Gasteiger partial charge on any atom is 0.119 e. The highest BCUT2D eigenvalue weighted by molar-refractivity contribution is 5.32. The van der Waals surface area contributed by atoms with Gasteiger partial charge in [0.1, 0.15) is 5.75 Å². The average Bonchev–Trinajstić information content (AvgIpc) is 2.31. The Morgan fingerprint density at radius 2 is 1.74 bits per heavy atom. The molecule has 1 aromatic carbocycles. The van der Waals surface area contributed by atoms with E-state index < -0.39 is 0 Å². The lowest BCUT2D eigenvalue weighted by Gasteiger charge is -2.25. The van der Waals surface area contributed by atoms with Gasteiger partial charge in [-0.15, -0.1) is 0 Å². The standard InChI is InChI=1S/C16H27NO2/c1-13(2)17(7-8-18)6-5-9-19-16-11-14(3)10-15(4)12-16/h10-13,18H,5-9H2,1-4H3. The minimum absolute atomic E-state index is 0.218. The molecule has 0 aliphatic carbocycles. The molecule has 0 heterocycles. The summed E-state index contributed by atoms with van der Waals surface area (Å²) in [4.78, 5) is 2.27. The van der Waals surface area contributed by atoms with Crippen LogP contribution >= 0.6 is 0 Å². The highest BCUT2D eigenvalue weighted by atomic mass is 16.5. The van der Waals surface area contributed by atoms with Crippen molar-refractivity contribution in [3.05, 3.63) is 29.3 Å². The molecule has 0 aromatic heterocycles. The molecule has 0 aliphatic rings. The predicted octanol–water partition coefficient (Wildman–Crippen LogP) is 2.78. The Morgan fingerprint density at radius 1 is 1.11 bits per heavy atom. The first-order chi connectivity index (χ1) is 9.02. The van der Waals surface area contributed by atoms with E-state index in [1.165, 1.54) is 11.1 Å². The smallest absolute Gasteiger partial charge is 0.119 e. The van der Waals surface area contributed by atoms with Crippen molar-refractivity contribution >= 4 is 0 Å². The molecule has 19 heavy (non-hydrogen) atoms. The third-order valence-electron chi connectivity index (χ3n) is 3.17. The molecule has 0 amide bonds. The summed E-state index contributed by atoms with van der Waals surface area (Å²) in [5, 5.41) is 9.01. The first-order valence-corrected chi connectivity index (χ1v) is 7.09. The van der Waals surface area contributed by atoms with Crippen LogP contribution in [0.15, 0.2) is 18.2 Å². The van der Waals surface area contributed by atoms with Gasteiger partial charge in [-0.3, -0.25) is 4.90 Å². The van der Waals surface area contributed by atoms with Crippen molar-refractivity contribution in [1.29, 1.82) is 0 Å². The summed E-state index contributed by atoms with van der Waals surface area (Å²) < 4.78 is 5.79. The minimum atomic E-state index is 0.218. The molecule has 0 saturated carbocycles. The van der Waals surface area contributed by atoms with E-state index in [9.17, 15) is 0 Å². The molecule has 3 heteroatoms. The van der Waals surface area contributed by atoms with Gasteiger partial charge in [0.2, 0.25) is 0 Å². The third-order valence-corrected chi connectivity index (χ3v) is 3.17. The second kappa shape index (κ2) is 8.18. The van der Waals surface area contributed by atoms with Crippen LogP contribution in [0.25, 0.3) is 0 Å². The van der Waals surface area contributed by atoms with E-state index in [0.717, 1.165) is 31.9 Å². The first-order valence-electron chi connectivity index (χ1n) is 7.09. The fourth-order valence-corrected chi connectivity index (χ4v) is 2.23. The minimum Gasteiger partial charge on any atom is -0.494 e. The van der Waals surface area contributed by atoms with Crippen molar-refractivity contribution in [1.82, 2.24) is 4.90 Å². The molecular formula is C16H27NO2. The number of nitrogens with zero attached hydrogens (tertiary/aromatic N) is 1. The number of ether oxygens (including phenoxy) is 1. The summed E-state index contributed by atoms with van der Waals surface area (Å²) in [6.45, 7) is 11.1. The van der Waals surface area contributed by atoms with Gasteiger partial charge < -0.3 is 9.84 Å². The summed E-state index contributed by atoms with van der Waals surface area (Å²) in [6, 6.07) is 6.75. The molecule has 1 rings (SSSR count). The Morgan fingerprint density at radius 3 is 2.26 bits per heavy atom. The molecule has 0 atom stereocenters. The molecule has 0 saturated heterocycles. The zero-order valence-corrected chi connectivity index (χ0v) is 12.6. The number of benzene rings is 1. The number of aliphatic hydroxyl groups excluding tert-OH is 1. The Balaban J connectivity index is 2.33. The second-order valence-corrected chi connectivity index (χ2v) is 5.38. The monoisotopic (exact) mass is 265 g/mol. The number of aryl methyl sites for hydroxylation is 2. The average molecular weight is 265 g/mol. The fourth-order valence-electron chi connectivity index (χ4n) is 2.23. The molecular weight excluding hydrogens is 238 g/mol. The van der Waals surface area contributed by atoms with Gasteiger partial charge in [0.15, 0.2) is 0 Å². The van der Waals surface area contributed by atoms with Gasteiger partial charge >= 0.3 is 0 Å². The Labute approximate surface area is 117 Å². The third kappa shape index (κ3) is 6.08. The van der Waals surface area contributed by atoms with Crippen molar-refractivity contribution < 1.29 is 9.84 Å². The van der Waals surface area contributed by atoms with E-state index in [1.807, 2.05) is 0 Å². The predicted molar refractivity (Wildman–Crippen MR) is 79.8 cm³/mol. The summed E-state index contributed by atoms with van der Waals surface area (Å²) in [6.07, 6.45) is 0.977. The van der Waals surface area contributed by atoms with E-state index in [1.54, 1.807) is 0 Å². The number of hydrogen-bond acceptors (Lipinski definition) is 3. The van der Waals surface area contributed by atoms with Gasteiger partial charge in [0.05, 0.1) is 13.2 Å². The number of aliphatic hydroxyl groups is 1. The highest BCUT2D eigenvalue weighted by Crippen LogP contribution is 2.16. The van der Waals surface area contributed by atoms with Crippen LogP contribution in [0.1, 0.15) is 31.4 Å². The summed E-state index contributed by atoms with van der Waals surface area (Å²) >= 11 is 0. The van der Waals surface area contributed by atoms with Crippen LogP contribution < -0.4 is 4.74 Å². The van der Waals surface area contributed by atoms with Crippen molar-refractivity contribution in [2.24, 2.45) is 0 Å². The molecule has 1 aromatic rings. The Hall–Kier alpha value is -1.06. The van der Waals surface area contributed by atoms with Gasteiger partial charge in [0, 0.05) is 19.1 Å². The maximum absolute atomic E-state index is 9.01. The molecule has 0 fully saturated rings. The second-order valence-electron chi connectivity index (χ2n) is 5.38. The largest absolute Gasteiger partial charge is 0.494 e. The summed E-state index contributed by atoms with van der Waals surface area (Å²) in [5.74, 6) is 0.954. The van der Waals surface area contributed by atoms with Gasteiger partial charge in [-0.25, -0.2) is 0 Å². The molecule has 0 unspecified atom stereocenters. The lowest BCUT2D eigenvalue weighted by Crippen LogP contribution is -2.34. The molecule has 1 N–H and O–H groups in total. The van der Waals surface area contributed by atoms with Crippen LogP contribution in [0.2, 0.25) is 0 Å². The Kier molecular flexibility index (Phi) is 6.89. The lowest BCUT2D eigenvalue weighted by molar-refractivity contribution is 0.155. The summed E-state index contributed by atoms with van der Waals surface area (Å²) in [5.41, 5.74) is 2.47. The zero-order valence-electron chi connectivity index (χ0n) is 12.6. The molecule has 108 valence electrons. The number of hydrogen-bond donors (Lipinski definition) is 1. The summed E-state index contributed by atoms with van der Waals surface area (Å²) in [7, 11) is 0. The SMILES string of the molecule is Cc1cc(C)cc(OCCCN(CCO)C(C)C)c1. The first kappa shape index (κ1) is 16.0. The van der Waals surface area contributed by atoms with Crippen LogP contribution in [0, 0.1) is 13.8 Å². The highest BCUT2D eigenvalue weighted by Gasteiger charge is 2.07. The van der Waals surface area contributed by atoms with Gasteiger partial charge in [-0.1, -0.05) is 6.07 Å². The van der Waals surface area contributed by atoms with Crippen molar-refractivity contribution in [2.75, 3.05) is 26.3 Å². The van der Waals surface area contributed by atoms with Crippen molar-refractivity contribution in [3.8, 4) is 5.75 Å². The van der Waals surface area contributed by atoms with Crippen LogP contribution in [-0.4, -0.2) is 42.4 Å². The quantitative estimate of drug-likeness (QED) is 0.734. The molecule has 0 aliphatic heterocycles. The molecule has 0 spiro atoms. The topological polar surface area (TPSA) is 32.7 Å².